The Labute approximate surface area is 265 Å². The van der Waals surface area contributed by atoms with Crippen molar-refractivity contribution in [1.82, 2.24) is 25.1 Å². The first kappa shape index (κ1) is 31.2. The van der Waals surface area contributed by atoms with Crippen molar-refractivity contribution in [2.45, 2.75) is 82.5 Å². The third-order valence-electron chi connectivity index (χ3n) is 10.2. The van der Waals surface area contributed by atoms with Crippen LogP contribution in [0.2, 0.25) is 0 Å². The number of carbonyl (C=O) groups is 3. The van der Waals surface area contributed by atoms with Gasteiger partial charge in [-0.15, -0.1) is 0 Å². The predicted octanol–water partition coefficient (Wildman–Crippen LogP) is 3.20. The van der Waals surface area contributed by atoms with Crippen LogP contribution < -0.4 is 25.2 Å². The molecule has 0 unspecified atom stereocenters. The Hall–Kier alpha value is -3.77. The van der Waals surface area contributed by atoms with Crippen molar-refractivity contribution < 1.29 is 19.1 Å². The fourth-order valence-corrected chi connectivity index (χ4v) is 7.55. The molecule has 12 nitrogen and oxygen atoms in total. The molecule has 3 fully saturated rings. The van der Waals surface area contributed by atoms with E-state index < -0.39 is 0 Å². The van der Waals surface area contributed by atoms with E-state index in [1.807, 2.05) is 13.0 Å². The molecule has 1 atom stereocenters. The zero-order valence-electron chi connectivity index (χ0n) is 26.7. The molecule has 2 aliphatic carbocycles. The molecule has 1 aromatic carbocycles. The second-order valence-corrected chi connectivity index (χ2v) is 12.8. The normalized spacial score (nSPS) is 24.8. The van der Waals surface area contributed by atoms with Crippen molar-refractivity contribution >= 4 is 41.2 Å². The van der Waals surface area contributed by atoms with Gasteiger partial charge in [0.2, 0.25) is 11.9 Å². The van der Waals surface area contributed by atoms with Gasteiger partial charge in [0, 0.05) is 56.9 Å². The van der Waals surface area contributed by atoms with Gasteiger partial charge in [-0.25, -0.2) is 4.98 Å². The number of ether oxygens (including phenoxy) is 1. The van der Waals surface area contributed by atoms with Gasteiger partial charge < -0.3 is 30.0 Å². The summed E-state index contributed by atoms with van der Waals surface area (Å²) in [6, 6.07) is 6.05. The molecule has 2 saturated carbocycles. The summed E-state index contributed by atoms with van der Waals surface area (Å²) < 4.78 is 5.68. The van der Waals surface area contributed by atoms with Crippen molar-refractivity contribution in [1.29, 1.82) is 0 Å². The number of methoxy groups -OCH3 is 1. The fourth-order valence-electron chi connectivity index (χ4n) is 7.55. The lowest BCUT2D eigenvalue weighted by Gasteiger charge is -2.42. The smallest absolute Gasteiger partial charge is 0.251 e. The first-order valence-electron chi connectivity index (χ1n) is 16.4. The number of rotatable bonds is 9. The fraction of sp³-hybridized carbons (Fsp3) is 0.606. The lowest BCUT2D eigenvalue weighted by molar-refractivity contribution is -0.119. The minimum absolute atomic E-state index is 0.0488. The third kappa shape index (κ3) is 6.62. The minimum Gasteiger partial charge on any atom is -0.495 e. The molecule has 1 saturated heterocycles. The highest BCUT2D eigenvalue weighted by Gasteiger charge is 2.40. The Morgan fingerprint density at radius 1 is 1.04 bits per heavy atom. The number of hydrogen-bond donors (Lipinski definition) is 2. The molecule has 0 radical (unpaired) electrons. The first-order valence-corrected chi connectivity index (χ1v) is 16.4. The number of benzene rings is 1. The third-order valence-corrected chi connectivity index (χ3v) is 10.2. The molecule has 12 heteroatoms. The first-order chi connectivity index (χ1) is 21.9. The van der Waals surface area contributed by atoms with Crippen molar-refractivity contribution in [2.75, 3.05) is 62.0 Å². The Bertz CT molecular complexity index is 1380. The van der Waals surface area contributed by atoms with Gasteiger partial charge in [0.05, 0.1) is 25.5 Å². The van der Waals surface area contributed by atoms with E-state index in [0.29, 0.717) is 41.2 Å². The molecule has 2 N–H and O–H groups in total. The van der Waals surface area contributed by atoms with Gasteiger partial charge in [-0.3, -0.25) is 19.4 Å². The summed E-state index contributed by atoms with van der Waals surface area (Å²) in [5.41, 5.74) is 1.91. The van der Waals surface area contributed by atoms with Crippen LogP contribution in [0.4, 0.5) is 23.1 Å². The molecular weight excluding hydrogens is 572 g/mol. The molecule has 1 aromatic heterocycles. The quantitative estimate of drug-likeness (QED) is 0.405. The average molecular weight is 619 g/mol. The average Bonchev–Trinajstić information content (AvgIpc) is 3.59. The van der Waals surface area contributed by atoms with Gasteiger partial charge >= 0.3 is 0 Å². The van der Waals surface area contributed by atoms with Gasteiger partial charge in [-0.2, -0.15) is 4.98 Å². The van der Waals surface area contributed by atoms with E-state index in [-0.39, 0.29) is 29.9 Å². The van der Waals surface area contributed by atoms with Crippen LogP contribution in [0.25, 0.3) is 0 Å². The van der Waals surface area contributed by atoms with Crippen LogP contribution in [0, 0.1) is 0 Å². The van der Waals surface area contributed by atoms with Crippen LogP contribution >= 0.6 is 0 Å². The number of nitrogens with one attached hydrogen (secondary N) is 2. The number of piperazine rings is 1. The largest absolute Gasteiger partial charge is 0.495 e. The summed E-state index contributed by atoms with van der Waals surface area (Å²) in [7, 11) is 3.36. The zero-order valence-corrected chi connectivity index (χ0v) is 26.7. The number of anilines is 4. The summed E-state index contributed by atoms with van der Waals surface area (Å²) in [6.45, 7) is 6.36. The van der Waals surface area contributed by atoms with E-state index in [1.165, 1.54) is 0 Å². The Morgan fingerprint density at radius 3 is 2.47 bits per heavy atom. The molecule has 2 amide bonds. The number of nitrogens with zero attached hydrogens (tertiary/aromatic N) is 6. The van der Waals surface area contributed by atoms with E-state index in [4.69, 9.17) is 9.72 Å². The number of aldehydes is 1. The van der Waals surface area contributed by atoms with Gasteiger partial charge in [0.25, 0.3) is 5.91 Å². The lowest BCUT2D eigenvalue weighted by Crippen LogP contribution is -2.54. The Balaban J connectivity index is 1.08. The minimum atomic E-state index is -0.291. The van der Waals surface area contributed by atoms with Crippen molar-refractivity contribution in [3.8, 4) is 5.75 Å². The summed E-state index contributed by atoms with van der Waals surface area (Å²) in [5.74, 6) is 1.63. The molecule has 3 heterocycles. The van der Waals surface area contributed by atoms with Crippen LogP contribution in [0.3, 0.4) is 0 Å². The van der Waals surface area contributed by atoms with Crippen molar-refractivity contribution in [2.24, 2.45) is 0 Å². The lowest BCUT2D eigenvalue weighted by atomic mass is 9.89. The van der Waals surface area contributed by atoms with E-state index in [9.17, 15) is 14.4 Å². The maximum absolute atomic E-state index is 13.2. The molecule has 2 aliphatic heterocycles. The summed E-state index contributed by atoms with van der Waals surface area (Å²) in [4.78, 5) is 55.0. The number of carbonyl (C=O) groups excluding carboxylic acids is 3. The van der Waals surface area contributed by atoms with Crippen molar-refractivity contribution in [3.05, 3.63) is 30.0 Å². The van der Waals surface area contributed by atoms with Crippen LogP contribution in [-0.4, -0.2) is 109 Å². The van der Waals surface area contributed by atoms with Crippen LogP contribution in [-0.2, 0) is 9.59 Å². The van der Waals surface area contributed by atoms with Gasteiger partial charge in [-0.1, -0.05) is 12.8 Å². The summed E-state index contributed by atoms with van der Waals surface area (Å²) >= 11 is 0. The molecule has 4 aliphatic rings. The number of hydrogen-bond acceptors (Lipinski definition) is 10. The standard InChI is InChI=1S/C33H46N8O4/c1-22-32(44)38(2)28-21-34-33(37-30(28)41(22)26-6-4-5-7-26)36-27-13-8-23(20-29(27)45-3)31(43)35-24-9-11-25(12-10-24)40-16-14-39(15-17-40)18-19-42/h8,13,19-22,24-26H,4-7,9-12,14-18H2,1-3H3,(H,35,43)(H,34,36,37)/t22-,24?,25?/m1/s1. The highest BCUT2D eigenvalue weighted by atomic mass is 16.5. The van der Waals surface area contributed by atoms with E-state index in [1.54, 1.807) is 37.4 Å². The van der Waals surface area contributed by atoms with E-state index in [2.05, 4.69) is 30.3 Å². The highest BCUT2D eigenvalue weighted by Crippen LogP contribution is 2.39. The van der Waals surface area contributed by atoms with Crippen LogP contribution in [0.5, 0.6) is 5.75 Å². The summed E-state index contributed by atoms with van der Waals surface area (Å²) in [5, 5.41) is 6.52. The summed E-state index contributed by atoms with van der Waals surface area (Å²) in [6.07, 6.45) is 11.1. The zero-order chi connectivity index (χ0) is 31.5. The molecule has 0 bridgehead atoms. The number of amides is 2. The topological polar surface area (TPSA) is 123 Å². The van der Waals surface area contributed by atoms with Gasteiger partial charge in [-0.05, 0) is 63.6 Å². The van der Waals surface area contributed by atoms with Gasteiger partial charge in [0.1, 0.15) is 23.8 Å². The molecule has 45 heavy (non-hydrogen) atoms. The molecule has 0 spiro atoms. The molecule has 242 valence electrons. The Kier molecular flexibility index (Phi) is 9.50. The molecule has 2 aromatic rings. The number of fused-ring (bicyclic) bond motifs is 1. The maximum atomic E-state index is 13.2. The molecular formula is C33H46N8O4. The number of likely N-dealkylation sites (N-methyl/N-ethyl adjacent to an activating group) is 1. The van der Waals surface area contributed by atoms with E-state index in [0.717, 1.165) is 89.6 Å². The maximum Gasteiger partial charge on any atom is 0.251 e. The SMILES string of the molecule is COc1cc(C(=O)NC2CCC(N3CCN(CC=O)CC3)CC2)ccc1Nc1ncc2c(n1)N(C1CCCC1)[C@H](C)C(=O)N2C. The monoisotopic (exact) mass is 618 g/mol. The molecule has 6 rings (SSSR count). The van der Waals surface area contributed by atoms with Crippen LogP contribution in [0.15, 0.2) is 24.4 Å². The van der Waals surface area contributed by atoms with Crippen molar-refractivity contribution in [3.63, 3.8) is 0 Å². The highest BCUT2D eigenvalue weighted by molar-refractivity contribution is 6.04. The van der Waals surface area contributed by atoms with E-state index >= 15 is 0 Å². The Morgan fingerprint density at radius 2 is 1.78 bits per heavy atom. The number of aromatic nitrogens is 2. The predicted molar refractivity (Wildman–Crippen MR) is 174 cm³/mol. The van der Waals surface area contributed by atoms with Gasteiger partial charge in [0.15, 0.2) is 5.82 Å². The second-order valence-electron chi connectivity index (χ2n) is 12.8. The second kappa shape index (κ2) is 13.7. The van der Waals surface area contributed by atoms with Crippen LogP contribution in [0.1, 0.15) is 68.6 Å².